The molecule has 0 saturated heterocycles. The van der Waals surface area contributed by atoms with Crippen molar-refractivity contribution in [2.75, 3.05) is 7.11 Å². The van der Waals surface area contributed by atoms with Crippen LogP contribution in [0.1, 0.15) is 42.1 Å². The lowest BCUT2D eigenvalue weighted by molar-refractivity contribution is 0.153. The number of fused-ring (bicyclic) bond motifs is 3. The van der Waals surface area contributed by atoms with Gasteiger partial charge in [0.05, 0.1) is 25.2 Å². The molecule has 1 aliphatic rings. The number of ether oxygens (including phenoxy) is 1. The number of oxazole rings is 1. The Morgan fingerprint density at radius 3 is 2.82 bits per heavy atom. The molecule has 5 aromatic rings. The number of aromatic nitrogens is 3. The van der Waals surface area contributed by atoms with Gasteiger partial charge in [-0.05, 0) is 42.5 Å². The zero-order valence-electron chi connectivity index (χ0n) is 18.1. The van der Waals surface area contributed by atoms with Gasteiger partial charge in [0, 0.05) is 21.2 Å². The van der Waals surface area contributed by atoms with Crippen molar-refractivity contribution in [1.82, 2.24) is 14.5 Å². The Bertz CT molecular complexity index is 1590. The summed E-state index contributed by atoms with van der Waals surface area (Å²) >= 11 is 1.13. The molecule has 3 heterocycles. The monoisotopic (exact) mass is 479 g/mol. The van der Waals surface area contributed by atoms with Gasteiger partial charge in [-0.2, -0.15) is 0 Å². The number of rotatable bonds is 6. The number of hydrogen-bond donors (Lipinski definition) is 0. The second kappa shape index (κ2) is 8.02. The molecular weight excluding hydrogens is 460 g/mol. The molecule has 6 nitrogen and oxygen atoms in total. The third-order valence-corrected chi connectivity index (χ3v) is 7.35. The van der Waals surface area contributed by atoms with Crippen molar-refractivity contribution >= 4 is 31.6 Å². The van der Waals surface area contributed by atoms with Gasteiger partial charge >= 0.3 is 0 Å². The second-order valence-electron chi connectivity index (χ2n) is 8.33. The van der Waals surface area contributed by atoms with Gasteiger partial charge in [0.15, 0.2) is 6.39 Å². The molecule has 0 aliphatic heterocycles. The largest absolute Gasteiger partial charge is 0.497 e. The molecule has 0 N–H and O–H groups in total. The molecule has 1 fully saturated rings. The van der Waals surface area contributed by atoms with Crippen molar-refractivity contribution in [3.63, 3.8) is 0 Å². The van der Waals surface area contributed by atoms with Gasteiger partial charge < -0.3 is 9.15 Å². The molecule has 0 atom stereocenters. The van der Waals surface area contributed by atoms with Crippen LogP contribution in [0.4, 0.5) is 8.78 Å². The number of nitrogens with zero attached hydrogens (tertiary/aromatic N) is 3. The maximum atomic E-state index is 13.9. The van der Waals surface area contributed by atoms with Gasteiger partial charge in [0.2, 0.25) is 0 Å². The molecule has 0 bridgehead atoms. The van der Waals surface area contributed by atoms with Crippen LogP contribution in [-0.2, 0) is 6.54 Å². The summed E-state index contributed by atoms with van der Waals surface area (Å²) in [5.74, 6) is 2.07. The number of methoxy groups -OCH3 is 1. The molecule has 9 heteroatoms. The number of thiophene rings is 1. The summed E-state index contributed by atoms with van der Waals surface area (Å²) < 4.78 is 40.2. The van der Waals surface area contributed by atoms with Crippen LogP contribution in [0.25, 0.3) is 31.7 Å². The third kappa shape index (κ3) is 3.38. The Morgan fingerprint density at radius 1 is 1.26 bits per heavy atom. The van der Waals surface area contributed by atoms with Gasteiger partial charge in [-0.3, -0.25) is 9.36 Å². The predicted octanol–water partition coefficient (Wildman–Crippen LogP) is 6.14. The van der Waals surface area contributed by atoms with Crippen molar-refractivity contribution in [2.24, 2.45) is 0 Å². The molecule has 6 rings (SSSR count). The first kappa shape index (κ1) is 21.0. The minimum absolute atomic E-state index is 0.0913. The topological polar surface area (TPSA) is 70.2 Å². The number of halogens is 2. The first-order valence-electron chi connectivity index (χ1n) is 10.8. The van der Waals surface area contributed by atoms with E-state index in [-0.39, 0.29) is 17.7 Å². The first-order chi connectivity index (χ1) is 16.5. The highest BCUT2D eigenvalue weighted by molar-refractivity contribution is 7.25. The van der Waals surface area contributed by atoms with Crippen molar-refractivity contribution in [2.45, 2.75) is 31.7 Å². The Balaban J connectivity index is 1.67. The van der Waals surface area contributed by atoms with Crippen LogP contribution in [0.3, 0.4) is 0 Å². The zero-order chi connectivity index (χ0) is 23.4. The van der Waals surface area contributed by atoms with Crippen LogP contribution in [0, 0.1) is 0 Å². The molecule has 0 unspecified atom stereocenters. The summed E-state index contributed by atoms with van der Waals surface area (Å²) in [7, 11) is 1.62. The van der Waals surface area contributed by atoms with Gasteiger partial charge in [-0.1, -0.05) is 18.2 Å². The minimum Gasteiger partial charge on any atom is -0.497 e. The van der Waals surface area contributed by atoms with E-state index in [0.717, 1.165) is 41.1 Å². The molecule has 0 amide bonds. The fourth-order valence-corrected chi connectivity index (χ4v) is 5.59. The minimum atomic E-state index is -2.64. The Morgan fingerprint density at radius 2 is 2.12 bits per heavy atom. The Labute approximate surface area is 196 Å². The molecule has 3 aromatic heterocycles. The summed E-state index contributed by atoms with van der Waals surface area (Å²) in [6.07, 6.45) is 2.32. The lowest BCUT2D eigenvalue weighted by Gasteiger charge is -2.15. The van der Waals surface area contributed by atoms with Crippen LogP contribution < -0.4 is 10.3 Å². The Hall–Kier alpha value is -3.59. The highest BCUT2D eigenvalue weighted by Gasteiger charge is 2.29. The van der Waals surface area contributed by atoms with Crippen LogP contribution >= 0.6 is 11.3 Å². The van der Waals surface area contributed by atoms with E-state index in [1.165, 1.54) is 12.5 Å². The fraction of sp³-hybridized carbons (Fsp3) is 0.240. The van der Waals surface area contributed by atoms with E-state index in [4.69, 9.17) is 14.1 Å². The molecular formula is C25H19F2N3O3S. The standard InChI is InChI=1S/C25H19F2N3O3S/c1-32-14-7-8-16(19(9-14)13-5-6-13)23-29-24-20(25(31)30(23)11-15-10-28-12-33-15)17-3-2-4-18(22(26)27)21(17)34-24/h2-4,7-10,12-13,22H,5-6,11H2,1H3. The average Bonchev–Trinajstić information content (AvgIpc) is 3.42. The molecule has 0 radical (unpaired) electrons. The fourth-order valence-electron chi connectivity index (χ4n) is 4.41. The van der Waals surface area contributed by atoms with E-state index in [2.05, 4.69) is 4.98 Å². The summed E-state index contributed by atoms with van der Waals surface area (Å²) in [5, 5.41) is 0.831. The van der Waals surface area contributed by atoms with Gasteiger partial charge in [0.1, 0.15) is 22.2 Å². The first-order valence-corrected chi connectivity index (χ1v) is 11.7. The zero-order valence-corrected chi connectivity index (χ0v) is 18.9. The van der Waals surface area contributed by atoms with Crippen molar-refractivity contribution in [3.8, 4) is 17.1 Å². The van der Waals surface area contributed by atoms with Gasteiger partial charge in [-0.25, -0.2) is 18.7 Å². The summed E-state index contributed by atoms with van der Waals surface area (Å²) in [6, 6.07) is 10.4. The normalized spacial score (nSPS) is 13.9. The number of alkyl halides is 2. The summed E-state index contributed by atoms with van der Waals surface area (Å²) in [5.41, 5.74) is 1.50. The summed E-state index contributed by atoms with van der Waals surface area (Å²) in [6.45, 7) is 0.124. The number of benzene rings is 2. The third-order valence-electron chi connectivity index (χ3n) is 6.20. The van der Waals surface area contributed by atoms with Crippen molar-refractivity contribution < 1.29 is 17.9 Å². The predicted molar refractivity (Wildman–Crippen MR) is 126 cm³/mol. The molecule has 34 heavy (non-hydrogen) atoms. The SMILES string of the molecule is COc1ccc(-c2nc3sc4c(C(F)F)cccc4c3c(=O)n2Cc2cnco2)c(C2CC2)c1. The Kier molecular flexibility index (Phi) is 4.95. The maximum Gasteiger partial charge on any atom is 0.265 e. The highest BCUT2D eigenvalue weighted by Crippen LogP contribution is 2.46. The smallest absolute Gasteiger partial charge is 0.265 e. The van der Waals surface area contributed by atoms with Crippen molar-refractivity contribution in [1.29, 1.82) is 0 Å². The quantitative estimate of drug-likeness (QED) is 0.293. The molecule has 0 spiro atoms. The highest BCUT2D eigenvalue weighted by atomic mass is 32.1. The molecule has 1 aliphatic carbocycles. The number of hydrogen-bond acceptors (Lipinski definition) is 6. The van der Waals surface area contributed by atoms with E-state index >= 15 is 0 Å². The van der Waals surface area contributed by atoms with Crippen LogP contribution in [0.5, 0.6) is 5.75 Å². The molecule has 2 aromatic carbocycles. The molecule has 172 valence electrons. The average molecular weight is 480 g/mol. The van der Waals surface area contributed by atoms with Crippen LogP contribution in [0.2, 0.25) is 0 Å². The van der Waals surface area contributed by atoms with Gasteiger partial charge in [-0.15, -0.1) is 11.3 Å². The van der Waals surface area contributed by atoms with Crippen LogP contribution in [-0.4, -0.2) is 21.6 Å². The van der Waals surface area contributed by atoms with E-state index in [9.17, 15) is 13.6 Å². The second-order valence-corrected chi connectivity index (χ2v) is 9.33. The lowest BCUT2D eigenvalue weighted by atomic mass is 10.0. The van der Waals surface area contributed by atoms with E-state index in [0.29, 0.717) is 37.8 Å². The van der Waals surface area contributed by atoms with Crippen LogP contribution in [0.15, 0.2) is 58.2 Å². The van der Waals surface area contributed by atoms with Crippen molar-refractivity contribution in [3.05, 3.63) is 76.2 Å². The summed E-state index contributed by atoms with van der Waals surface area (Å²) in [4.78, 5) is 23.2. The molecule has 1 saturated carbocycles. The maximum absolute atomic E-state index is 13.9. The lowest BCUT2D eigenvalue weighted by Crippen LogP contribution is -2.24. The van der Waals surface area contributed by atoms with E-state index in [1.807, 2.05) is 18.2 Å². The van der Waals surface area contributed by atoms with Gasteiger partial charge in [0.25, 0.3) is 12.0 Å². The van der Waals surface area contributed by atoms with E-state index in [1.54, 1.807) is 30.0 Å². The van der Waals surface area contributed by atoms with E-state index < -0.39 is 6.43 Å².